The number of aromatic amines is 1. The highest BCUT2D eigenvalue weighted by atomic mass is 16.5. The minimum atomic E-state index is 0.0191. The van der Waals surface area contributed by atoms with Crippen LogP contribution in [0.3, 0.4) is 0 Å². The number of likely N-dealkylation sites (tertiary alicyclic amines) is 1. The van der Waals surface area contributed by atoms with E-state index in [0.29, 0.717) is 24.2 Å². The van der Waals surface area contributed by atoms with Crippen molar-refractivity contribution in [2.75, 3.05) is 20.2 Å². The number of para-hydroxylation sites is 2. The van der Waals surface area contributed by atoms with Gasteiger partial charge in [0.15, 0.2) is 11.5 Å². The average Bonchev–Trinajstić information content (AvgIpc) is 3.16. The second-order valence-electron chi connectivity index (χ2n) is 6.29. The molecule has 1 aromatic heterocycles. The van der Waals surface area contributed by atoms with Gasteiger partial charge in [-0.05, 0) is 30.3 Å². The molecule has 2 heterocycles. The first-order chi connectivity index (χ1) is 12.7. The summed E-state index contributed by atoms with van der Waals surface area (Å²) in [6, 6.07) is 13.0. The molecule has 1 saturated heterocycles. The fraction of sp³-hybridized carbons (Fsp3) is 0.316. The van der Waals surface area contributed by atoms with Crippen molar-refractivity contribution in [3.8, 4) is 11.5 Å². The Morgan fingerprint density at radius 3 is 2.58 bits per heavy atom. The summed E-state index contributed by atoms with van der Waals surface area (Å²) in [5.41, 5.74) is 2.09. The van der Waals surface area contributed by atoms with E-state index in [4.69, 9.17) is 9.47 Å². The van der Waals surface area contributed by atoms with Gasteiger partial charge in [-0.1, -0.05) is 12.1 Å². The van der Waals surface area contributed by atoms with E-state index in [1.54, 1.807) is 19.2 Å². The topological polar surface area (TPSA) is 80.3 Å². The molecule has 4 rings (SSSR count). The normalized spacial score (nSPS) is 15.2. The number of benzene rings is 2. The fourth-order valence-corrected chi connectivity index (χ4v) is 3.23. The summed E-state index contributed by atoms with van der Waals surface area (Å²) < 4.78 is 11.4. The number of piperidine rings is 1. The molecule has 1 amide bonds. The maximum Gasteiger partial charge on any atom is 0.253 e. The molecular weight excluding hydrogens is 332 g/mol. The summed E-state index contributed by atoms with van der Waals surface area (Å²) in [5, 5.41) is 10.6. The standard InChI is InChI=1S/C19H20N4O3/c1-25-17-4-2-3-5-18(17)26-14-8-10-23(11-9-14)19(24)13-6-7-15-16(12-13)21-22-20-15/h2-7,12,14H,8-11H2,1H3,(H,20,21,22). The molecular formula is C19H20N4O3. The lowest BCUT2D eigenvalue weighted by molar-refractivity contribution is 0.0590. The molecule has 1 aliphatic heterocycles. The number of hydrogen-bond donors (Lipinski definition) is 1. The smallest absolute Gasteiger partial charge is 0.253 e. The molecule has 0 unspecified atom stereocenters. The van der Waals surface area contributed by atoms with Crippen LogP contribution in [-0.2, 0) is 0 Å². The Balaban J connectivity index is 1.39. The van der Waals surface area contributed by atoms with Crippen LogP contribution in [0.15, 0.2) is 42.5 Å². The number of hydrogen-bond acceptors (Lipinski definition) is 5. The van der Waals surface area contributed by atoms with Crippen molar-refractivity contribution < 1.29 is 14.3 Å². The average molecular weight is 352 g/mol. The van der Waals surface area contributed by atoms with Gasteiger partial charge in [0.25, 0.3) is 5.91 Å². The van der Waals surface area contributed by atoms with Crippen molar-refractivity contribution in [1.82, 2.24) is 20.3 Å². The second-order valence-corrected chi connectivity index (χ2v) is 6.29. The van der Waals surface area contributed by atoms with E-state index in [2.05, 4.69) is 15.4 Å². The number of nitrogens with one attached hydrogen (secondary N) is 1. The van der Waals surface area contributed by atoms with Crippen LogP contribution in [0, 0.1) is 0 Å². The molecule has 0 atom stereocenters. The van der Waals surface area contributed by atoms with Gasteiger partial charge in [-0.25, -0.2) is 0 Å². The maximum atomic E-state index is 12.7. The lowest BCUT2D eigenvalue weighted by atomic mass is 10.1. The van der Waals surface area contributed by atoms with Gasteiger partial charge in [0.1, 0.15) is 17.1 Å². The number of carbonyl (C=O) groups excluding carboxylic acids is 1. The Morgan fingerprint density at radius 1 is 1.08 bits per heavy atom. The van der Waals surface area contributed by atoms with Crippen LogP contribution < -0.4 is 9.47 Å². The van der Waals surface area contributed by atoms with Gasteiger partial charge >= 0.3 is 0 Å². The third kappa shape index (κ3) is 3.20. The predicted molar refractivity (Wildman–Crippen MR) is 96.4 cm³/mol. The van der Waals surface area contributed by atoms with Gasteiger partial charge in [-0.15, -0.1) is 0 Å². The van der Waals surface area contributed by atoms with Crippen molar-refractivity contribution in [1.29, 1.82) is 0 Å². The third-order valence-corrected chi connectivity index (χ3v) is 4.66. The molecule has 1 fully saturated rings. The number of methoxy groups -OCH3 is 1. The maximum absolute atomic E-state index is 12.7. The molecule has 1 aliphatic rings. The Kier molecular flexibility index (Phi) is 4.43. The van der Waals surface area contributed by atoms with E-state index in [0.717, 1.165) is 29.9 Å². The highest BCUT2D eigenvalue weighted by molar-refractivity contribution is 5.97. The Bertz CT molecular complexity index is 916. The minimum absolute atomic E-state index is 0.0191. The van der Waals surface area contributed by atoms with Crippen molar-refractivity contribution in [2.24, 2.45) is 0 Å². The lowest BCUT2D eigenvalue weighted by Gasteiger charge is -2.32. The minimum Gasteiger partial charge on any atom is -0.493 e. The first-order valence-corrected chi connectivity index (χ1v) is 8.64. The molecule has 26 heavy (non-hydrogen) atoms. The van der Waals surface area contributed by atoms with Crippen molar-refractivity contribution in [2.45, 2.75) is 18.9 Å². The summed E-state index contributed by atoms with van der Waals surface area (Å²) in [6.07, 6.45) is 1.65. The zero-order valence-electron chi connectivity index (χ0n) is 14.5. The summed E-state index contributed by atoms with van der Waals surface area (Å²) in [4.78, 5) is 14.6. The number of H-pyrrole nitrogens is 1. The molecule has 7 heteroatoms. The number of carbonyl (C=O) groups is 1. The van der Waals surface area contributed by atoms with Crippen molar-refractivity contribution in [3.05, 3.63) is 48.0 Å². The summed E-state index contributed by atoms with van der Waals surface area (Å²) in [5.74, 6) is 1.49. The molecule has 0 aliphatic carbocycles. The van der Waals surface area contributed by atoms with E-state index < -0.39 is 0 Å². The van der Waals surface area contributed by atoms with Crippen LogP contribution in [0.1, 0.15) is 23.2 Å². The zero-order valence-corrected chi connectivity index (χ0v) is 14.5. The van der Waals surface area contributed by atoms with Gasteiger partial charge in [0.2, 0.25) is 0 Å². The molecule has 0 saturated carbocycles. The van der Waals surface area contributed by atoms with Crippen LogP contribution in [0.5, 0.6) is 11.5 Å². The van der Waals surface area contributed by atoms with Crippen LogP contribution >= 0.6 is 0 Å². The summed E-state index contributed by atoms with van der Waals surface area (Å²) in [7, 11) is 1.63. The SMILES string of the molecule is COc1ccccc1OC1CCN(C(=O)c2ccc3n[nH]nc3c2)CC1. The first kappa shape index (κ1) is 16.4. The molecule has 1 N–H and O–H groups in total. The molecule has 0 bridgehead atoms. The second kappa shape index (κ2) is 7.03. The molecule has 3 aromatic rings. The summed E-state index contributed by atoms with van der Waals surface area (Å²) in [6.45, 7) is 1.32. The van der Waals surface area contributed by atoms with Gasteiger partial charge in [0.05, 0.1) is 7.11 Å². The van der Waals surface area contributed by atoms with Gasteiger partial charge in [0, 0.05) is 31.5 Å². The largest absolute Gasteiger partial charge is 0.493 e. The highest BCUT2D eigenvalue weighted by Gasteiger charge is 2.25. The van der Waals surface area contributed by atoms with E-state index in [1.807, 2.05) is 35.2 Å². The lowest BCUT2D eigenvalue weighted by Crippen LogP contribution is -2.41. The highest BCUT2D eigenvalue weighted by Crippen LogP contribution is 2.29. The van der Waals surface area contributed by atoms with E-state index in [-0.39, 0.29) is 12.0 Å². The quantitative estimate of drug-likeness (QED) is 0.781. The molecule has 2 aromatic carbocycles. The van der Waals surface area contributed by atoms with E-state index in [9.17, 15) is 4.79 Å². The van der Waals surface area contributed by atoms with Crippen LogP contribution in [0.4, 0.5) is 0 Å². The van der Waals surface area contributed by atoms with Gasteiger partial charge < -0.3 is 14.4 Å². The van der Waals surface area contributed by atoms with Crippen LogP contribution in [0.25, 0.3) is 11.0 Å². The number of ether oxygens (including phenoxy) is 2. The van der Waals surface area contributed by atoms with Gasteiger partial charge in [-0.2, -0.15) is 15.4 Å². The number of nitrogens with zero attached hydrogens (tertiary/aromatic N) is 3. The Morgan fingerprint density at radius 2 is 1.81 bits per heavy atom. The summed E-state index contributed by atoms with van der Waals surface area (Å²) >= 11 is 0. The first-order valence-electron chi connectivity index (χ1n) is 8.64. The molecule has 0 radical (unpaired) electrons. The fourth-order valence-electron chi connectivity index (χ4n) is 3.23. The number of fused-ring (bicyclic) bond motifs is 1. The third-order valence-electron chi connectivity index (χ3n) is 4.66. The van der Waals surface area contributed by atoms with E-state index >= 15 is 0 Å². The Labute approximate surface area is 150 Å². The number of amides is 1. The molecule has 7 nitrogen and oxygen atoms in total. The molecule has 134 valence electrons. The van der Waals surface area contributed by atoms with Crippen molar-refractivity contribution >= 4 is 16.9 Å². The predicted octanol–water partition coefficient (Wildman–Crippen LogP) is 2.65. The molecule has 0 spiro atoms. The van der Waals surface area contributed by atoms with Crippen LogP contribution in [0.2, 0.25) is 0 Å². The zero-order chi connectivity index (χ0) is 17.9. The van der Waals surface area contributed by atoms with Crippen molar-refractivity contribution in [3.63, 3.8) is 0 Å². The monoisotopic (exact) mass is 352 g/mol. The number of aromatic nitrogens is 3. The Hall–Kier alpha value is -3.09. The number of rotatable bonds is 4. The van der Waals surface area contributed by atoms with Gasteiger partial charge in [-0.3, -0.25) is 4.79 Å². The van der Waals surface area contributed by atoms with E-state index in [1.165, 1.54) is 0 Å². The van der Waals surface area contributed by atoms with Crippen LogP contribution in [-0.4, -0.2) is 52.5 Å².